The first-order valence-electron chi connectivity index (χ1n) is 2.87. The van der Waals surface area contributed by atoms with Gasteiger partial charge in [0.1, 0.15) is 0 Å². The zero-order chi connectivity index (χ0) is 7.56. The average Bonchev–Trinajstić information content (AvgIpc) is 1.88. The van der Waals surface area contributed by atoms with Gasteiger partial charge in [-0.15, -0.1) is 0 Å². The Balaban J connectivity index is 3.39. The largest absolute Gasteiger partial charge is 0.481 e. The van der Waals surface area contributed by atoms with E-state index in [1.165, 1.54) is 0 Å². The molecule has 52 valence electrons. The highest BCUT2D eigenvalue weighted by Crippen LogP contribution is 1.74. The molecule has 2 nitrogen and oxygen atoms in total. The van der Waals surface area contributed by atoms with Crippen molar-refractivity contribution in [2.24, 2.45) is 0 Å². The van der Waals surface area contributed by atoms with Crippen molar-refractivity contribution in [3.05, 3.63) is 34.7 Å². The van der Waals surface area contributed by atoms with Gasteiger partial charge in [-0.05, 0) is 17.4 Å². The molecule has 0 fully saturated rings. The van der Waals surface area contributed by atoms with E-state index in [1.54, 1.807) is 24.3 Å². The molecule has 1 aromatic rings. The van der Waals surface area contributed by atoms with Crippen LogP contribution in [-0.2, 0) is 0 Å². The number of aliphatic hydroxyl groups is 2. The zero-order valence-electron chi connectivity index (χ0n) is 5.41. The maximum absolute atomic E-state index is 8.57. The van der Waals surface area contributed by atoms with Gasteiger partial charge < -0.3 is 10.2 Å². The fourth-order valence-corrected chi connectivity index (χ4v) is 0.654. The van der Waals surface area contributed by atoms with Crippen LogP contribution in [-0.4, -0.2) is 10.2 Å². The maximum Gasteiger partial charge on any atom is 0.281 e. The minimum Gasteiger partial charge on any atom is -0.481 e. The third kappa shape index (κ3) is 1.29. The van der Waals surface area contributed by atoms with Crippen molar-refractivity contribution in [1.82, 2.24) is 0 Å². The summed E-state index contributed by atoms with van der Waals surface area (Å²) in [6.07, 6.45) is 0. The summed E-state index contributed by atoms with van der Waals surface area (Å²) in [5, 5.41) is 18.4. The molecule has 0 unspecified atom stereocenters. The lowest BCUT2D eigenvalue weighted by Crippen LogP contribution is -2.08. The molecule has 0 aromatic heterocycles. The van der Waals surface area contributed by atoms with Crippen LogP contribution in [0.1, 0.15) is 0 Å². The molecule has 2 N–H and O–H groups in total. The summed E-state index contributed by atoms with van der Waals surface area (Å²) < 4.78 is 0. The van der Waals surface area contributed by atoms with Crippen LogP contribution >= 0.6 is 0 Å². The van der Waals surface area contributed by atoms with Gasteiger partial charge in [-0.1, -0.05) is 18.7 Å². The van der Waals surface area contributed by atoms with Crippen LogP contribution in [0, 0.1) is 0 Å². The highest BCUT2D eigenvalue weighted by molar-refractivity contribution is 5.24. The van der Waals surface area contributed by atoms with Crippen molar-refractivity contribution in [2.75, 3.05) is 0 Å². The van der Waals surface area contributed by atoms with Crippen molar-refractivity contribution in [3.8, 4) is 0 Å². The Labute approximate surface area is 58.4 Å². The molecule has 0 heterocycles. The molecule has 0 radical (unpaired) electrons. The van der Waals surface area contributed by atoms with Gasteiger partial charge in [-0.2, -0.15) is 0 Å². The second kappa shape index (κ2) is 2.43. The molecule has 0 saturated heterocycles. The van der Waals surface area contributed by atoms with E-state index < -0.39 is 5.95 Å². The van der Waals surface area contributed by atoms with Gasteiger partial charge in [0.05, 0.1) is 5.22 Å². The average molecular weight is 136 g/mol. The summed E-state index contributed by atoms with van der Waals surface area (Å²) in [5.74, 6) is -0.653. The van der Waals surface area contributed by atoms with Gasteiger partial charge in [0.2, 0.25) is 0 Å². The summed E-state index contributed by atoms with van der Waals surface area (Å²) in [7, 11) is 0. The lowest BCUT2D eigenvalue weighted by molar-refractivity contribution is 0.298. The molecule has 0 aliphatic rings. The Morgan fingerprint density at radius 2 is 1.60 bits per heavy atom. The number of rotatable bonds is 0. The quantitative estimate of drug-likeness (QED) is 0.537. The fourth-order valence-electron chi connectivity index (χ4n) is 0.654. The van der Waals surface area contributed by atoms with E-state index in [4.69, 9.17) is 10.2 Å². The van der Waals surface area contributed by atoms with Crippen LogP contribution < -0.4 is 10.4 Å². The Hall–Kier alpha value is -1.44. The first kappa shape index (κ1) is 6.68. The molecule has 10 heavy (non-hydrogen) atoms. The topological polar surface area (TPSA) is 40.5 Å². The van der Waals surface area contributed by atoms with Gasteiger partial charge in [0, 0.05) is 0 Å². The third-order valence-corrected chi connectivity index (χ3v) is 1.21. The summed E-state index contributed by atoms with van der Waals surface area (Å²) in [4.78, 5) is 0. The molecule has 0 saturated carbocycles. The molecule has 0 aliphatic heterocycles. The van der Waals surface area contributed by atoms with Crippen molar-refractivity contribution < 1.29 is 10.2 Å². The molecular formula is C8H8O2. The van der Waals surface area contributed by atoms with E-state index in [0.717, 1.165) is 5.22 Å². The van der Waals surface area contributed by atoms with Crippen molar-refractivity contribution in [2.45, 2.75) is 0 Å². The summed E-state index contributed by atoms with van der Waals surface area (Å²) in [5.41, 5.74) is 0. The van der Waals surface area contributed by atoms with Crippen molar-refractivity contribution in [3.63, 3.8) is 0 Å². The van der Waals surface area contributed by atoms with Gasteiger partial charge >= 0.3 is 0 Å². The first-order chi connectivity index (χ1) is 4.70. The number of aliphatic hydroxyl groups excluding tert-OH is 1. The van der Waals surface area contributed by atoms with Gasteiger partial charge in [-0.25, -0.2) is 0 Å². The smallest absolute Gasteiger partial charge is 0.281 e. The first-order valence-corrected chi connectivity index (χ1v) is 2.87. The Kier molecular flexibility index (Phi) is 1.63. The minimum atomic E-state index is -0.653. The van der Waals surface area contributed by atoms with E-state index in [0.29, 0.717) is 5.22 Å². The van der Waals surface area contributed by atoms with Crippen LogP contribution in [0.2, 0.25) is 0 Å². The minimum absolute atomic E-state index is 0.410. The van der Waals surface area contributed by atoms with E-state index in [1.807, 2.05) is 0 Å². The normalized spacial score (nSPS) is 9.20. The molecule has 0 atom stereocenters. The SMILES string of the molecule is C=c1ccc(=C(O)O)cc1. The monoisotopic (exact) mass is 136 g/mol. The lowest BCUT2D eigenvalue weighted by atomic mass is 10.3. The van der Waals surface area contributed by atoms with Crippen LogP contribution in [0.3, 0.4) is 0 Å². The molecule has 2 heteroatoms. The van der Waals surface area contributed by atoms with Crippen LogP contribution in [0.25, 0.3) is 12.5 Å². The maximum atomic E-state index is 8.57. The fraction of sp³-hybridized carbons (Fsp3) is 0. The summed E-state index contributed by atoms with van der Waals surface area (Å²) in [6, 6.07) is 6.61. The van der Waals surface area contributed by atoms with E-state index >= 15 is 0 Å². The predicted molar refractivity (Wildman–Crippen MR) is 39.9 cm³/mol. The highest BCUT2D eigenvalue weighted by Gasteiger charge is 1.84. The molecule has 0 aliphatic carbocycles. The Bertz CT molecular complexity index is 300. The molecule has 1 aromatic carbocycles. The Morgan fingerprint density at radius 1 is 1.10 bits per heavy atom. The Morgan fingerprint density at radius 3 is 2.00 bits per heavy atom. The van der Waals surface area contributed by atoms with Crippen molar-refractivity contribution in [1.29, 1.82) is 0 Å². The molecular weight excluding hydrogens is 128 g/mol. The van der Waals surface area contributed by atoms with Crippen LogP contribution in [0.5, 0.6) is 0 Å². The van der Waals surface area contributed by atoms with E-state index in [-0.39, 0.29) is 0 Å². The van der Waals surface area contributed by atoms with E-state index in [9.17, 15) is 0 Å². The number of benzene rings is 1. The van der Waals surface area contributed by atoms with Gasteiger partial charge in [0.25, 0.3) is 5.95 Å². The summed E-state index contributed by atoms with van der Waals surface area (Å²) in [6.45, 7) is 3.65. The van der Waals surface area contributed by atoms with Gasteiger partial charge in [-0.3, -0.25) is 0 Å². The lowest BCUT2D eigenvalue weighted by Gasteiger charge is -1.86. The van der Waals surface area contributed by atoms with Crippen LogP contribution in [0.4, 0.5) is 0 Å². The second-order valence-electron chi connectivity index (χ2n) is 2.02. The van der Waals surface area contributed by atoms with E-state index in [2.05, 4.69) is 6.58 Å². The molecule has 0 bridgehead atoms. The zero-order valence-corrected chi connectivity index (χ0v) is 5.41. The molecule has 0 amide bonds. The molecule has 1 rings (SSSR count). The number of hydrogen-bond donors (Lipinski definition) is 2. The highest BCUT2D eigenvalue weighted by atomic mass is 16.5. The predicted octanol–water partition coefficient (Wildman–Crippen LogP) is 0.279. The summed E-state index contributed by atoms with van der Waals surface area (Å²) >= 11 is 0. The molecule has 0 spiro atoms. The second-order valence-corrected chi connectivity index (χ2v) is 2.02. The standard InChI is InChI=1S/C8H8O2/c1-6-2-4-7(5-3-6)8(9)10/h2-5,9-10H,1H2. The van der Waals surface area contributed by atoms with Crippen molar-refractivity contribution >= 4 is 12.5 Å². The van der Waals surface area contributed by atoms with Crippen LogP contribution in [0.15, 0.2) is 24.3 Å². The number of hydrogen-bond acceptors (Lipinski definition) is 2. The van der Waals surface area contributed by atoms with Gasteiger partial charge in [0.15, 0.2) is 0 Å². The third-order valence-electron chi connectivity index (χ3n) is 1.21.